The maximum atomic E-state index is 13.4. The van der Waals surface area contributed by atoms with Gasteiger partial charge in [0.1, 0.15) is 23.7 Å². The van der Waals surface area contributed by atoms with E-state index >= 15 is 0 Å². The van der Waals surface area contributed by atoms with Crippen LogP contribution in [0.1, 0.15) is 48.8 Å². The Labute approximate surface area is 245 Å². The van der Waals surface area contributed by atoms with Gasteiger partial charge in [-0.05, 0) is 43.2 Å². The van der Waals surface area contributed by atoms with Crippen LogP contribution in [0, 0.1) is 12.3 Å². The lowest BCUT2D eigenvalue weighted by Crippen LogP contribution is -2.66. The van der Waals surface area contributed by atoms with Gasteiger partial charge in [0.05, 0.1) is 48.5 Å². The van der Waals surface area contributed by atoms with Gasteiger partial charge in [-0.1, -0.05) is 26.0 Å². The molecule has 1 spiro atoms. The minimum Gasteiger partial charge on any atom is -0.492 e. The van der Waals surface area contributed by atoms with Gasteiger partial charge in [0.25, 0.3) is 5.91 Å². The van der Waals surface area contributed by atoms with Gasteiger partial charge in [0.2, 0.25) is 0 Å². The summed E-state index contributed by atoms with van der Waals surface area (Å²) in [6.45, 7) is 12.2. The Hall–Kier alpha value is -4.28. The van der Waals surface area contributed by atoms with Gasteiger partial charge in [0.15, 0.2) is 0 Å². The molecule has 0 atom stereocenters. The number of fused-ring (bicyclic) bond motifs is 2. The standard InChI is InChI=1S/C32H35N7O3.H2/c1-21(2)25-7-4-6-23(34-25)16-39-27-9-5-8-26(30(27)22(3)36-39)35-31(40)28-15-33-29-14-24(10-11-38(28)29)42-13-12-37-17-32(18-37)19-41-20-32;/h4-11,14-15,21H,12-13,16-20H2,1-3H3,(H,35,40);1H. The molecule has 5 aromatic rings. The molecule has 10 nitrogen and oxygen atoms in total. The van der Waals surface area contributed by atoms with Crippen LogP contribution in [0.25, 0.3) is 16.6 Å². The first kappa shape index (κ1) is 26.6. The van der Waals surface area contributed by atoms with E-state index < -0.39 is 0 Å². The van der Waals surface area contributed by atoms with Crippen molar-refractivity contribution < 1.29 is 15.7 Å². The molecule has 1 amide bonds. The lowest BCUT2D eigenvalue weighted by molar-refractivity contribution is -0.189. The number of hydrogen-bond acceptors (Lipinski definition) is 7. The minimum atomic E-state index is -0.242. The molecule has 2 saturated heterocycles. The number of nitrogens with one attached hydrogen (secondary N) is 1. The van der Waals surface area contributed by atoms with Crippen molar-refractivity contribution in [2.75, 3.05) is 44.8 Å². The molecule has 1 N–H and O–H groups in total. The molecule has 0 radical (unpaired) electrons. The van der Waals surface area contributed by atoms with E-state index in [-0.39, 0.29) is 7.33 Å². The van der Waals surface area contributed by atoms with E-state index in [1.165, 1.54) is 0 Å². The Kier molecular flexibility index (Phi) is 6.67. The fourth-order valence-electron chi connectivity index (χ4n) is 6.04. The molecule has 6 heterocycles. The van der Waals surface area contributed by atoms with Gasteiger partial charge in [-0.2, -0.15) is 5.10 Å². The van der Waals surface area contributed by atoms with Crippen molar-refractivity contribution in [2.24, 2.45) is 5.41 Å². The Bertz CT molecular complexity index is 1780. The van der Waals surface area contributed by atoms with Gasteiger partial charge in [0, 0.05) is 49.8 Å². The number of aryl methyl sites for hydroxylation is 1. The third kappa shape index (κ3) is 4.90. The van der Waals surface area contributed by atoms with Crippen LogP contribution in [-0.2, 0) is 11.3 Å². The highest BCUT2D eigenvalue weighted by Gasteiger charge is 2.48. The van der Waals surface area contributed by atoms with Crippen LogP contribution in [0.5, 0.6) is 5.75 Å². The number of nitrogens with zero attached hydrogens (tertiary/aromatic N) is 6. The van der Waals surface area contributed by atoms with Crippen molar-refractivity contribution in [3.63, 3.8) is 0 Å². The SMILES string of the molecule is Cc1nn(Cc2cccc(C(C)C)n2)c2cccc(NC(=O)c3cnc4cc(OCCN5CC6(COC6)C5)ccn34)c12.[HH]. The zero-order valence-corrected chi connectivity index (χ0v) is 24.2. The maximum Gasteiger partial charge on any atom is 0.274 e. The van der Waals surface area contributed by atoms with Crippen molar-refractivity contribution >= 4 is 28.1 Å². The molecule has 0 unspecified atom stereocenters. The average Bonchev–Trinajstić information content (AvgIpc) is 3.50. The van der Waals surface area contributed by atoms with Crippen LogP contribution in [-0.4, -0.2) is 74.4 Å². The molecule has 4 aromatic heterocycles. The number of pyridine rings is 2. The summed E-state index contributed by atoms with van der Waals surface area (Å²) in [6, 6.07) is 15.7. The summed E-state index contributed by atoms with van der Waals surface area (Å²) in [7, 11) is 0. The molecule has 0 saturated carbocycles. The number of anilines is 1. The summed E-state index contributed by atoms with van der Waals surface area (Å²) in [4.78, 5) is 25.1. The zero-order valence-electron chi connectivity index (χ0n) is 24.2. The first-order chi connectivity index (χ1) is 20.4. The number of aromatic nitrogens is 5. The number of carbonyl (C=O) groups is 1. The molecule has 42 heavy (non-hydrogen) atoms. The molecular weight excluding hydrogens is 530 g/mol. The number of imidazole rings is 1. The molecular formula is C32H37N7O3. The highest BCUT2D eigenvalue weighted by molar-refractivity contribution is 6.08. The summed E-state index contributed by atoms with van der Waals surface area (Å²) < 4.78 is 15.1. The van der Waals surface area contributed by atoms with Crippen LogP contribution in [0.3, 0.4) is 0 Å². The first-order valence-corrected chi connectivity index (χ1v) is 14.5. The summed E-state index contributed by atoms with van der Waals surface area (Å²) in [5.41, 5.74) is 6.02. The van der Waals surface area contributed by atoms with Gasteiger partial charge >= 0.3 is 0 Å². The largest absolute Gasteiger partial charge is 0.492 e. The van der Waals surface area contributed by atoms with Crippen molar-refractivity contribution in [1.82, 2.24) is 29.0 Å². The van der Waals surface area contributed by atoms with Crippen LogP contribution in [0.15, 0.2) is 60.9 Å². The Balaban J connectivity index is 0.00000329. The van der Waals surface area contributed by atoms with Crippen molar-refractivity contribution in [1.29, 1.82) is 0 Å². The van der Waals surface area contributed by atoms with E-state index in [0.717, 1.165) is 66.6 Å². The van der Waals surface area contributed by atoms with E-state index in [1.54, 1.807) is 10.6 Å². The number of rotatable bonds is 9. The molecule has 0 bridgehead atoms. The number of benzene rings is 1. The summed E-state index contributed by atoms with van der Waals surface area (Å²) in [5, 5.41) is 8.80. The highest BCUT2D eigenvalue weighted by Crippen LogP contribution is 2.37. The second-order valence-corrected chi connectivity index (χ2v) is 11.9. The summed E-state index contributed by atoms with van der Waals surface area (Å²) in [5.74, 6) is 0.852. The number of hydrogen-bond donors (Lipinski definition) is 1. The number of ether oxygens (including phenoxy) is 2. The number of likely N-dealkylation sites (tertiary alicyclic amines) is 1. The molecule has 2 aliphatic heterocycles. The van der Waals surface area contributed by atoms with Crippen LogP contribution >= 0.6 is 0 Å². The Morgan fingerprint density at radius 3 is 2.79 bits per heavy atom. The third-order valence-electron chi connectivity index (χ3n) is 8.26. The topological polar surface area (TPSA) is 98.8 Å². The second-order valence-electron chi connectivity index (χ2n) is 11.9. The fraction of sp³-hybridized carbons (Fsp3) is 0.375. The van der Waals surface area contributed by atoms with Gasteiger partial charge in [-0.15, -0.1) is 0 Å². The van der Waals surface area contributed by atoms with Crippen molar-refractivity contribution in [3.05, 3.63) is 83.7 Å². The summed E-state index contributed by atoms with van der Waals surface area (Å²) in [6.07, 6.45) is 3.43. The van der Waals surface area contributed by atoms with E-state index in [9.17, 15) is 4.79 Å². The van der Waals surface area contributed by atoms with Crippen LogP contribution in [0.2, 0.25) is 0 Å². The van der Waals surface area contributed by atoms with Crippen molar-refractivity contribution in [3.8, 4) is 5.75 Å². The van der Waals surface area contributed by atoms with E-state index in [4.69, 9.17) is 19.6 Å². The van der Waals surface area contributed by atoms with Gasteiger partial charge in [-0.25, -0.2) is 4.98 Å². The Morgan fingerprint density at radius 1 is 1.17 bits per heavy atom. The van der Waals surface area contributed by atoms with E-state index in [0.29, 0.717) is 41.5 Å². The Morgan fingerprint density at radius 2 is 2.00 bits per heavy atom. The van der Waals surface area contributed by atoms with Gasteiger partial charge in [-0.3, -0.25) is 23.8 Å². The predicted octanol–water partition coefficient (Wildman–Crippen LogP) is 4.77. The highest BCUT2D eigenvalue weighted by atomic mass is 16.5. The smallest absolute Gasteiger partial charge is 0.274 e. The summed E-state index contributed by atoms with van der Waals surface area (Å²) >= 11 is 0. The number of amides is 1. The first-order valence-electron chi connectivity index (χ1n) is 14.5. The number of carbonyl (C=O) groups excluding carboxylic acids is 1. The van der Waals surface area contributed by atoms with Crippen molar-refractivity contribution in [2.45, 2.75) is 33.2 Å². The minimum absolute atomic E-state index is 0. The zero-order chi connectivity index (χ0) is 28.8. The monoisotopic (exact) mass is 567 g/mol. The third-order valence-corrected chi connectivity index (χ3v) is 8.26. The molecule has 2 fully saturated rings. The quantitative estimate of drug-likeness (QED) is 0.274. The lowest BCUT2D eigenvalue weighted by atomic mass is 9.78. The lowest BCUT2D eigenvalue weighted by Gasteiger charge is -2.55. The molecule has 7 rings (SSSR count). The molecule has 218 valence electrons. The van der Waals surface area contributed by atoms with E-state index in [2.05, 4.69) is 35.1 Å². The molecule has 1 aromatic carbocycles. The fourth-order valence-corrected chi connectivity index (χ4v) is 6.04. The molecule has 2 aliphatic rings. The normalized spacial score (nSPS) is 16.2. The van der Waals surface area contributed by atoms with Crippen LogP contribution < -0.4 is 10.1 Å². The van der Waals surface area contributed by atoms with Gasteiger partial charge < -0.3 is 14.8 Å². The van der Waals surface area contributed by atoms with Crippen LogP contribution in [0.4, 0.5) is 5.69 Å². The predicted molar refractivity (Wildman–Crippen MR) is 162 cm³/mol. The van der Waals surface area contributed by atoms with E-state index in [1.807, 2.05) is 60.3 Å². The molecule has 10 heteroatoms. The second kappa shape index (κ2) is 10.5. The molecule has 0 aliphatic carbocycles. The average molecular weight is 568 g/mol. The maximum absolute atomic E-state index is 13.4.